The molecule has 2 aromatic rings. The van der Waals surface area contributed by atoms with Crippen molar-refractivity contribution in [2.45, 2.75) is 0 Å². The van der Waals surface area contributed by atoms with Gasteiger partial charge in [0, 0.05) is 6.07 Å². The molecule has 24 heavy (non-hydrogen) atoms. The highest BCUT2D eigenvalue weighted by atomic mass is 32.2. The summed E-state index contributed by atoms with van der Waals surface area (Å²) in [5.41, 5.74) is 1.39. The van der Waals surface area contributed by atoms with Crippen LogP contribution in [0.25, 0.3) is 6.08 Å². The molecule has 120 valence electrons. The minimum atomic E-state index is -1.00. The first-order valence-electron chi connectivity index (χ1n) is 6.86. The van der Waals surface area contributed by atoms with Gasteiger partial charge in [0.05, 0.1) is 16.2 Å². The number of thioether (sulfide) groups is 1. The van der Waals surface area contributed by atoms with Crippen molar-refractivity contribution in [3.05, 3.63) is 64.6 Å². The molecule has 1 saturated heterocycles. The molecule has 3 rings (SSSR count). The number of carbonyl (C=O) groups is 2. The van der Waals surface area contributed by atoms with Gasteiger partial charge in [-0.15, -0.1) is 0 Å². The average molecular weight is 357 g/mol. The van der Waals surface area contributed by atoms with E-state index in [9.17, 15) is 14.7 Å². The normalized spacial score (nSPS) is 16.0. The molecule has 1 fully saturated rings. The van der Waals surface area contributed by atoms with Crippen molar-refractivity contribution in [1.29, 1.82) is 0 Å². The fraction of sp³-hybridized carbons (Fsp3) is 0. The minimum absolute atomic E-state index is 0.0507. The van der Waals surface area contributed by atoms with Gasteiger partial charge in [0.25, 0.3) is 5.91 Å². The number of aromatic hydroxyl groups is 1. The Kier molecular flexibility index (Phi) is 4.37. The van der Waals surface area contributed by atoms with Crippen molar-refractivity contribution in [2.24, 2.45) is 0 Å². The highest BCUT2D eigenvalue weighted by Gasteiger charge is 2.33. The number of rotatable bonds is 3. The van der Waals surface area contributed by atoms with Crippen molar-refractivity contribution in [2.75, 3.05) is 4.90 Å². The lowest BCUT2D eigenvalue weighted by atomic mass is 10.1. The lowest BCUT2D eigenvalue weighted by Crippen LogP contribution is -2.27. The van der Waals surface area contributed by atoms with Gasteiger partial charge in [0.15, 0.2) is 4.32 Å². The second-order valence-electron chi connectivity index (χ2n) is 4.96. The van der Waals surface area contributed by atoms with Crippen molar-refractivity contribution < 1.29 is 19.8 Å². The molecule has 0 unspecified atom stereocenters. The molecule has 2 N–H and O–H groups in total. The smallest absolute Gasteiger partial charge is 0.335 e. The molecule has 7 heteroatoms. The molecule has 0 aliphatic carbocycles. The zero-order valence-electron chi connectivity index (χ0n) is 12.2. The van der Waals surface area contributed by atoms with Crippen molar-refractivity contribution in [1.82, 2.24) is 0 Å². The molecule has 0 saturated carbocycles. The third-order valence-corrected chi connectivity index (χ3v) is 4.64. The Bertz CT molecular complexity index is 874. The number of anilines is 1. The molecular formula is C17H11NO4S2. The first-order chi connectivity index (χ1) is 11.5. The van der Waals surface area contributed by atoms with Gasteiger partial charge in [-0.3, -0.25) is 9.69 Å². The molecule has 1 aliphatic rings. The summed E-state index contributed by atoms with van der Waals surface area (Å²) >= 11 is 6.42. The summed E-state index contributed by atoms with van der Waals surface area (Å²) in [5, 5.41) is 18.5. The molecule has 2 aromatic carbocycles. The zero-order chi connectivity index (χ0) is 17.3. The molecule has 0 atom stereocenters. The van der Waals surface area contributed by atoms with Crippen LogP contribution in [0.3, 0.4) is 0 Å². The second kappa shape index (κ2) is 6.46. The summed E-state index contributed by atoms with van der Waals surface area (Å²) < 4.78 is 0.374. The van der Waals surface area contributed by atoms with Crippen LogP contribution < -0.4 is 4.90 Å². The molecule has 5 nitrogen and oxygen atoms in total. The first kappa shape index (κ1) is 16.2. The van der Waals surface area contributed by atoms with Crippen LogP contribution in [0, 0.1) is 0 Å². The van der Waals surface area contributed by atoms with Gasteiger partial charge in [-0.05, 0) is 35.9 Å². The van der Waals surface area contributed by atoms with Crippen molar-refractivity contribution in [3.8, 4) is 5.75 Å². The summed E-state index contributed by atoms with van der Waals surface area (Å²) in [6.45, 7) is 0. The van der Waals surface area contributed by atoms with E-state index in [0.717, 1.165) is 11.8 Å². The predicted octanol–water partition coefficient (Wildman–Crippen LogP) is 3.50. The van der Waals surface area contributed by atoms with Crippen LogP contribution in [0.1, 0.15) is 15.9 Å². The standard InChI is InChI=1S/C17H11NO4S2/c19-13-3-1-2-12(9-13)18-15(20)14(24-17(18)23)8-10-4-6-11(7-5-10)16(21)22/h1-9,19H,(H,21,22)/b14-8+. The zero-order valence-corrected chi connectivity index (χ0v) is 13.8. The van der Waals surface area contributed by atoms with Crippen LogP contribution in [-0.2, 0) is 4.79 Å². The maximum atomic E-state index is 12.6. The van der Waals surface area contributed by atoms with Crippen molar-refractivity contribution in [3.63, 3.8) is 0 Å². The van der Waals surface area contributed by atoms with E-state index in [0.29, 0.717) is 20.5 Å². The van der Waals surface area contributed by atoms with E-state index in [4.69, 9.17) is 17.3 Å². The van der Waals surface area contributed by atoms with Crippen LogP contribution >= 0.6 is 24.0 Å². The Labute approximate surface area is 147 Å². The number of nitrogens with zero attached hydrogens (tertiary/aromatic N) is 1. The maximum absolute atomic E-state index is 12.6. The Balaban J connectivity index is 1.89. The van der Waals surface area contributed by atoms with E-state index in [1.54, 1.807) is 30.3 Å². The van der Waals surface area contributed by atoms with Crippen LogP contribution in [0.15, 0.2) is 53.4 Å². The number of hydrogen-bond acceptors (Lipinski definition) is 5. The number of carbonyl (C=O) groups excluding carboxylic acids is 1. The average Bonchev–Trinajstić information content (AvgIpc) is 2.82. The minimum Gasteiger partial charge on any atom is -0.508 e. The molecule has 0 radical (unpaired) electrons. The Morgan fingerprint density at radius 3 is 2.50 bits per heavy atom. The number of aromatic carboxylic acids is 1. The number of hydrogen-bond donors (Lipinski definition) is 2. The summed E-state index contributed by atoms with van der Waals surface area (Å²) in [7, 11) is 0. The SMILES string of the molecule is O=C(O)c1ccc(/C=C2/SC(=S)N(c3cccc(O)c3)C2=O)cc1. The van der Waals surface area contributed by atoms with Gasteiger partial charge in [0.1, 0.15) is 5.75 Å². The number of carboxylic acid groups (broad SMARTS) is 1. The van der Waals surface area contributed by atoms with E-state index in [1.807, 2.05) is 0 Å². The van der Waals surface area contributed by atoms with E-state index < -0.39 is 5.97 Å². The predicted molar refractivity (Wildman–Crippen MR) is 97.2 cm³/mol. The lowest BCUT2D eigenvalue weighted by Gasteiger charge is -2.14. The molecular weight excluding hydrogens is 346 g/mol. The number of carboxylic acids is 1. The van der Waals surface area contributed by atoms with Crippen LogP contribution in [-0.4, -0.2) is 26.4 Å². The highest BCUT2D eigenvalue weighted by molar-refractivity contribution is 8.27. The van der Waals surface area contributed by atoms with Crippen LogP contribution in [0.4, 0.5) is 5.69 Å². The van der Waals surface area contributed by atoms with Gasteiger partial charge < -0.3 is 10.2 Å². The largest absolute Gasteiger partial charge is 0.508 e. The van der Waals surface area contributed by atoms with Crippen LogP contribution in [0.2, 0.25) is 0 Å². The van der Waals surface area contributed by atoms with E-state index in [-0.39, 0.29) is 17.2 Å². The Morgan fingerprint density at radius 2 is 1.88 bits per heavy atom. The summed E-state index contributed by atoms with van der Waals surface area (Å²) in [5.74, 6) is -1.23. The fourth-order valence-corrected chi connectivity index (χ4v) is 3.49. The first-order valence-corrected chi connectivity index (χ1v) is 8.08. The van der Waals surface area contributed by atoms with Crippen molar-refractivity contribution >= 4 is 51.9 Å². The highest BCUT2D eigenvalue weighted by Crippen LogP contribution is 2.36. The second-order valence-corrected chi connectivity index (χ2v) is 6.64. The molecule has 1 heterocycles. The third-order valence-electron chi connectivity index (χ3n) is 3.34. The number of benzene rings is 2. The van der Waals surface area contributed by atoms with E-state index >= 15 is 0 Å². The molecule has 1 aliphatic heterocycles. The topological polar surface area (TPSA) is 77.8 Å². The third kappa shape index (κ3) is 3.17. The molecule has 0 spiro atoms. The summed E-state index contributed by atoms with van der Waals surface area (Å²) in [6, 6.07) is 12.5. The number of phenolic OH excluding ortho intramolecular Hbond substituents is 1. The molecule has 0 bridgehead atoms. The monoisotopic (exact) mass is 357 g/mol. The van der Waals surface area contributed by atoms with Gasteiger partial charge in [-0.25, -0.2) is 4.79 Å². The number of phenols is 1. The fourth-order valence-electron chi connectivity index (χ4n) is 2.20. The number of amides is 1. The summed E-state index contributed by atoms with van der Waals surface area (Å²) in [4.78, 5) is 25.2. The molecule has 1 amide bonds. The maximum Gasteiger partial charge on any atom is 0.335 e. The number of thiocarbonyl (C=S) groups is 1. The molecule has 0 aromatic heterocycles. The van der Waals surface area contributed by atoms with Gasteiger partial charge in [-0.2, -0.15) is 0 Å². The Hall–Kier alpha value is -2.64. The Morgan fingerprint density at radius 1 is 1.17 bits per heavy atom. The summed E-state index contributed by atoms with van der Waals surface area (Å²) in [6.07, 6.45) is 1.66. The van der Waals surface area contributed by atoms with Crippen LogP contribution in [0.5, 0.6) is 5.75 Å². The van der Waals surface area contributed by atoms with E-state index in [1.165, 1.54) is 29.2 Å². The van der Waals surface area contributed by atoms with Gasteiger partial charge >= 0.3 is 5.97 Å². The lowest BCUT2D eigenvalue weighted by molar-refractivity contribution is -0.113. The van der Waals surface area contributed by atoms with Gasteiger partial charge in [-0.1, -0.05) is 42.2 Å². The van der Waals surface area contributed by atoms with E-state index in [2.05, 4.69) is 0 Å². The van der Waals surface area contributed by atoms with Gasteiger partial charge in [0.2, 0.25) is 0 Å². The quantitative estimate of drug-likeness (QED) is 0.647.